The predicted octanol–water partition coefficient (Wildman–Crippen LogP) is 2.52. The van der Waals surface area contributed by atoms with Crippen molar-refractivity contribution in [3.63, 3.8) is 0 Å². The van der Waals surface area contributed by atoms with Crippen molar-refractivity contribution in [3.8, 4) is 0 Å². The van der Waals surface area contributed by atoms with Crippen molar-refractivity contribution in [1.29, 1.82) is 0 Å². The number of benzene rings is 1. The van der Waals surface area contributed by atoms with Crippen molar-refractivity contribution in [2.24, 2.45) is 11.7 Å². The fraction of sp³-hybridized carbons (Fsp3) is 0.600. The third kappa shape index (κ3) is 1.71. The van der Waals surface area contributed by atoms with Gasteiger partial charge < -0.3 is 5.73 Å². The van der Waals surface area contributed by atoms with E-state index in [-0.39, 0.29) is 5.54 Å². The van der Waals surface area contributed by atoms with Gasteiger partial charge in [-0.2, -0.15) is 0 Å². The normalized spacial score (nSPS) is 23.4. The second kappa shape index (κ2) is 4.11. The lowest BCUT2D eigenvalue weighted by Gasteiger charge is -2.41. The third-order valence-corrected chi connectivity index (χ3v) is 4.77. The zero-order valence-corrected chi connectivity index (χ0v) is 10.7. The van der Waals surface area contributed by atoms with Crippen molar-refractivity contribution in [1.82, 2.24) is 4.90 Å². The van der Waals surface area contributed by atoms with E-state index in [4.69, 9.17) is 5.73 Å². The van der Waals surface area contributed by atoms with Crippen molar-refractivity contribution >= 4 is 0 Å². The van der Waals surface area contributed by atoms with E-state index < -0.39 is 0 Å². The van der Waals surface area contributed by atoms with Gasteiger partial charge in [0.25, 0.3) is 0 Å². The van der Waals surface area contributed by atoms with Crippen LogP contribution in [0.4, 0.5) is 0 Å². The highest BCUT2D eigenvalue weighted by atomic mass is 15.2. The number of nitrogens with two attached hydrogens (primary N) is 1. The highest BCUT2D eigenvalue weighted by Crippen LogP contribution is 2.47. The molecule has 1 aromatic carbocycles. The minimum Gasteiger partial charge on any atom is -0.329 e. The molecule has 92 valence electrons. The minimum absolute atomic E-state index is 0.263. The summed E-state index contributed by atoms with van der Waals surface area (Å²) >= 11 is 0. The Bertz CT molecular complexity index is 380. The highest BCUT2D eigenvalue weighted by molar-refractivity contribution is 5.31. The van der Waals surface area contributed by atoms with E-state index in [1.807, 2.05) is 0 Å². The fourth-order valence-electron chi connectivity index (χ4n) is 3.48. The molecule has 1 aliphatic carbocycles. The molecule has 1 saturated carbocycles. The van der Waals surface area contributed by atoms with E-state index in [9.17, 15) is 0 Å². The molecule has 2 nitrogen and oxygen atoms in total. The van der Waals surface area contributed by atoms with Crippen molar-refractivity contribution in [3.05, 3.63) is 35.4 Å². The van der Waals surface area contributed by atoms with Gasteiger partial charge in [-0.1, -0.05) is 31.2 Å². The molecule has 1 unspecified atom stereocenters. The SMILES string of the molecule is CCC(CN)(C1CC1)N1Cc2ccccc2C1. The summed E-state index contributed by atoms with van der Waals surface area (Å²) in [6.45, 7) is 5.30. The molecular weight excluding hydrogens is 208 g/mol. The molecule has 3 rings (SSSR count). The summed E-state index contributed by atoms with van der Waals surface area (Å²) in [7, 11) is 0. The molecule has 0 bridgehead atoms. The molecule has 1 aromatic rings. The van der Waals surface area contributed by atoms with Crippen LogP contribution in [0.15, 0.2) is 24.3 Å². The average molecular weight is 230 g/mol. The lowest BCUT2D eigenvalue weighted by Crippen LogP contribution is -2.53. The Morgan fingerprint density at radius 2 is 1.82 bits per heavy atom. The number of fused-ring (bicyclic) bond motifs is 1. The Morgan fingerprint density at radius 3 is 2.24 bits per heavy atom. The van der Waals surface area contributed by atoms with Crippen LogP contribution in [-0.4, -0.2) is 17.0 Å². The summed E-state index contributed by atoms with van der Waals surface area (Å²) in [6.07, 6.45) is 3.93. The largest absolute Gasteiger partial charge is 0.329 e. The average Bonchev–Trinajstić information content (AvgIpc) is 3.11. The molecule has 1 heterocycles. The first-order chi connectivity index (χ1) is 8.30. The molecule has 2 heteroatoms. The standard InChI is InChI=1S/C15H22N2/c1-2-15(11-16,14-7-8-14)17-9-12-5-3-4-6-13(12)10-17/h3-6,14H,2,7-11,16H2,1H3. The first-order valence-electron chi connectivity index (χ1n) is 6.82. The van der Waals surface area contributed by atoms with Gasteiger partial charge in [-0.05, 0) is 36.3 Å². The lowest BCUT2D eigenvalue weighted by molar-refractivity contribution is 0.0651. The van der Waals surface area contributed by atoms with Crippen molar-refractivity contribution in [2.75, 3.05) is 6.54 Å². The molecule has 2 N–H and O–H groups in total. The predicted molar refractivity (Wildman–Crippen MR) is 70.5 cm³/mol. The quantitative estimate of drug-likeness (QED) is 0.861. The van der Waals surface area contributed by atoms with Crippen molar-refractivity contribution < 1.29 is 0 Å². The van der Waals surface area contributed by atoms with Crippen LogP contribution in [0.2, 0.25) is 0 Å². The Morgan fingerprint density at radius 1 is 1.24 bits per heavy atom. The van der Waals surface area contributed by atoms with E-state index in [0.29, 0.717) is 0 Å². The van der Waals surface area contributed by atoms with Gasteiger partial charge in [0.1, 0.15) is 0 Å². The molecule has 0 saturated heterocycles. The van der Waals surface area contributed by atoms with E-state index in [1.165, 1.54) is 30.4 Å². The topological polar surface area (TPSA) is 29.3 Å². The number of rotatable bonds is 4. The molecule has 0 aromatic heterocycles. The molecule has 1 fully saturated rings. The molecule has 0 amide bonds. The number of hydrogen-bond acceptors (Lipinski definition) is 2. The maximum absolute atomic E-state index is 6.13. The zero-order valence-electron chi connectivity index (χ0n) is 10.7. The van der Waals surface area contributed by atoms with Gasteiger partial charge in [0.2, 0.25) is 0 Å². The lowest BCUT2D eigenvalue weighted by atomic mass is 9.88. The van der Waals surface area contributed by atoms with E-state index in [0.717, 1.165) is 25.6 Å². The number of hydrogen-bond donors (Lipinski definition) is 1. The molecule has 1 aliphatic heterocycles. The summed E-state index contributed by atoms with van der Waals surface area (Å²) in [5.74, 6) is 0.840. The van der Waals surface area contributed by atoms with Gasteiger partial charge in [0.05, 0.1) is 0 Å². The summed E-state index contributed by atoms with van der Waals surface area (Å²) < 4.78 is 0. The van der Waals surface area contributed by atoms with Crippen LogP contribution in [0.25, 0.3) is 0 Å². The van der Waals surface area contributed by atoms with Gasteiger partial charge in [-0.3, -0.25) is 4.90 Å². The van der Waals surface area contributed by atoms with Crippen LogP contribution >= 0.6 is 0 Å². The first kappa shape index (κ1) is 11.2. The van der Waals surface area contributed by atoms with Crippen LogP contribution < -0.4 is 5.73 Å². The second-order valence-corrected chi connectivity index (χ2v) is 5.56. The molecular formula is C15H22N2. The van der Waals surface area contributed by atoms with E-state index in [2.05, 4.69) is 36.1 Å². The Hall–Kier alpha value is -0.860. The van der Waals surface area contributed by atoms with E-state index >= 15 is 0 Å². The summed E-state index contributed by atoms with van der Waals surface area (Å²) in [5, 5.41) is 0. The third-order valence-electron chi connectivity index (χ3n) is 4.77. The van der Waals surface area contributed by atoms with Gasteiger partial charge in [0, 0.05) is 25.2 Å². The van der Waals surface area contributed by atoms with Crippen molar-refractivity contribution in [2.45, 2.75) is 44.8 Å². The monoisotopic (exact) mass is 230 g/mol. The van der Waals surface area contributed by atoms with Crippen LogP contribution in [0, 0.1) is 5.92 Å². The van der Waals surface area contributed by atoms with Crippen LogP contribution in [0.5, 0.6) is 0 Å². The van der Waals surface area contributed by atoms with Gasteiger partial charge in [0.15, 0.2) is 0 Å². The Kier molecular flexibility index (Phi) is 2.72. The Labute approximate surface area is 104 Å². The smallest absolute Gasteiger partial charge is 0.0364 e. The first-order valence-corrected chi connectivity index (χ1v) is 6.82. The van der Waals surface area contributed by atoms with Gasteiger partial charge in [-0.25, -0.2) is 0 Å². The highest BCUT2D eigenvalue weighted by Gasteiger charge is 2.48. The van der Waals surface area contributed by atoms with Crippen LogP contribution in [0.1, 0.15) is 37.3 Å². The maximum atomic E-state index is 6.13. The molecule has 0 radical (unpaired) electrons. The van der Waals surface area contributed by atoms with Crippen LogP contribution in [-0.2, 0) is 13.1 Å². The molecule has 2 aliphatic rings. The minimum atomic E-state index is 0.263. The fourth-order valence-corrected chi connectivity index (χ4v) is 3.48. The maximum Gasteiger partial charge on any atom is 0.0364 e. The zero-order chi connectivity index (χ0) is 11.9. The summed E-state index contributed by atoms with van der Waals surface area (Å²) in [6, 6.07) is 8.82. The second-order valence-electron chi connectivity index (χ2n) is 5.56. The summed E-state index contributed by atoms with van der Waals surface area (Å²) in [5.41, 5.74) is 9.39. The van der Waals surface area contributed by atoms with Gasteiger partial charge >= 0.3 is 0 Å². The number of nitrogens with zero attached hydrogens (tertiary/aromatic N) is 1. The Balaban J connectivity index is 1.86. The molecule has 0 spiro atoms. The van der Waals surface area contributed by atoms with Crippen LogP contribution in [0.3, 0.4) is 0 Å². The van der Waals surface area contributed by atoms with Gasteiger partial charge in [-0.15, -0.1) is 0 Å². The molecule has 1 atom stereocenters. The summed E-state index contributed by atoms with van der Waals surface area (Å²) in [4.78, 5) is 2.63. The van der Waals surface area contributed by atoms with E-state index in [1.54, 1.807) is 0 Å². The molecule has 17 heavy (non-hydrogen) atoms.